The molecule has 0 unspecified atom stereocenters. The van der Waals surface area contributed by atoms with Crippen LogP contribution < -0.4 is 24.8 Å². The Kier molecular flexibility index (Phi) is 7.95. The lowest BCUT2D eigenvalue weighted by Crippen LogP contribution is -2.24. The molecule has 0 saturated heterocycles. The average molecular weight is 372 g/mol. The smallest absolute Gasteiger partial charge is 0.263 e. The van der Waals surface area contributed by atoms with Crippen molar-refractivity contribution in [2.45, 2.75) is 13.8 Å². The fraction of sp³-hybridized carbons (Fsp3) is 0.381. The number of nitrogens with one attached hydrogen (secondary N) is 2. The molecule has 2 aromatic rings. The van der Waals surface area contributed by atoms with E-state index in [1.54, 1.807) is 30.3 Å². The topological polar surface area (TPSA) is 68.8 Å². The summed E-state index contributed by atoms with van der Waals surface area (Å²) >= 11 is 0. The molecule has 6 nitrogen and oxygen atoms in total. The predicted octanol–water partition coefficient (Wildman–Crippen LogP) is 3.58. The van der Waals surface area contributed by atoms with Crippen LogP contribution in [0.2, 0.25) is 0 Å². The first-order valence-electron chi connectivity index (χ1n) is 9.01. The van der Waals surface area contributed by atoms with Gasteiger partial charge in [0, 0.05) is 12.2 Å². The number of hydrogen-bond donors (Lipinski definition) is 2. The van der Waals surface area contributed by atoms with Gasteiger partial charge < -0.3 is 24.8 Å². The summed E-state index contributed by atoms with van der Waals surface area (Å²) in [4.78, 5) is 12.6. The molecule has 146 valence electrons. The lowest BCUT2D eigenvalue weighted by atomic mass is 10.1. The molecule has 0 aromatic heterocycles. The van der Waals surface area contributed by atoms with Crippen molar-refractivity contribution in [3.05, 3.63) is 48.0 Å². The SMILES string of the molecule is COc1cccc(OC)c1C(=O)Nc1ccc(OCCNCC(C)C)cc1. The zero-order valence-corrected chi connectivity index (χ0v) is 16.4. The quantitative estimate of drug-likeness (QED) is 0.624. The normalized spacial score (nSPS) is 10.6. The van der Waals surface area contributed by atoms with Crippen molar-refractivity contribution in [3.63, 3.8) is 0 Å². The summed E-state index contributed by atoms with van der Waals surface area (Å²) < 4.78 is 16.2. The van der Waals surface area contributed by atoms with Crippen molar-refractivity contribution < 1.29 is 19.0 Å². The molecule has 0 fully saturated rings. The van der Waals surface area contributed by atoms with Gasteiger partial charge in [0.2, 0.25) is 0 Å². The highest BCUT2D eigenvalue weighted by atomic mass is 16.5. The lowest BCUT2D eigenvalue weighted by molar-refractivity contribution is 0.102. The van der Waals surface area contributed by atoms with Gasteiger partial charge in [-0.25, -0.2) is 0 Å². The summed E-state index contributed by atoms with van der Waals surface area (Å²) in [6.07, 6.45) is 0. The third-order valence-electron chi connectivity index (χ3n) is 3.87. The van der Waals surface area contributed by atoms with Crippen LogP contribution >= 0.6 is 0 Å². The van der Waals surface area contributed by atoms with E-state index in [2.05, 4.69) is 24.5 Å². The average Bonchev–Trinajstić information content (AvgIpc) is 2.67. The lowest BCUT2D eigenvalue weighted by Gasteiger charge is -2.13. The standard InChI is InChI=1S/C21H28N2O4/c1-15(2)14-22-12-13-27-17-10-8-16(9-11-17)23-21(24)20-18(25-3)6-5-7-19(20)26-4/h5-11,15,22H,12-14H2,1-4H3,(H,23,24). The highest BCUT2D eigenvalue weighted by Gasteiger charge is 2.18. The maximum absolute atomic E-state index is 12.6. The fourth-order valence-electron chi connectivity index (χ4n) is 2.53. The van der Waals surface area contributed by atoms with Gasteiger partial charge in [0.25, 0.3) is 5.91 Å². The first-order chi connectivity index (χ1) is 13.0. The Balaban J connectivity index is 1.94. The second-order valence-corrected chi connectivity index (χ2v) is 6.46. The third kappa shape index (κ3) is 6.18. The van der Waals surface area contributed by atoms with E-state index < -0.39 is 0 Å². The van der Waals surface area contributed by atoms with Crippen LogP contribution in [0.4, 0.5) is 5.69 Å². The van der Waals surface area contributed by atoms with Gasteiger partial charge >= 0.3 is 0 Å². The van der Waals surface area contributed by atoms with E-state index in [1.165, 1.54) is 14.2 Å². The minimum atomic E-state index is -0.296. The second-order valence-electron chi connectivity index (χ2n) is 6.46. The van der Waals surface area contributed by atoms with Crippen LogP contribution in [0.5, 0.6) is 17.2 Å². The monoisotopic (exact) mass is 372 g/mol. The molecule has 27 heavy (non-hydrogen) atoms. The van der Waals surface area contributed by atoms with Crippen LogP contribution in [0.15, 0.2) is 42.5 Å². The van der Waals surface area contributed by atoms with Crippen LogP contribution in [-0.2, 0) is 0 Å². The van der Waals surface area contributed by atoms with Crippen molar-refractivity contribution in [3.8, 4) is 17.2 Å². The molecule has 0 spiro atoms. The van der Waals surface area contributed by atoms with Crippen LogP contribution in [0.3, 0.4) is 0 Å². The zero-order chi connectivity index (χ0) is 19.6. The predicted molar refractivity (Wildman–Crippen MR) is 107 cm³/mol. The van der Waals surface area contributed by atoms with Gasteiger partial charge in [-0.1, -0.05) is 19.9 Å². The first kappa shape index (κ1) is 20.6. The van der Waals surface area contributed by atoms with E-state index in [4.69, 9.17) is 14.2 Å². The third-order valence-corrected chi connectivity index (χ3v) is 3.87. The number of amides is 1. The van der Waals surface area contributed by atoms with Gasteiger partial charge in [0.1, 0.15) is 29.4 Å². The van der Waals surface area contributed by atoms with Gasteiger partial charge in [-0.2, -0.15) is 0 Å². The van der Waals surface area contributed by atoms with Crippen LogP contribution in [0, 0.1) is 5.92 Å². The Morgan fingerprint density at radius 1 is 1.00 bits per heavy atom. The van der Waals surface area contributed by atoms with Crippen molar-refractivity contribution in [2.24, 2.45) is 5.92 Å². The maximum atomic E-state index is 12.6. The van der Waals surface area contributed by atoms with E-state index >= 15 is 0 Å². The Bertz CT molecular complexity index is 707. The molecule has 0 aliphatic carbocycles. The molecule has 0 aliphatic rings. The summed E-state index contributed by atoms with van der Waals surface area (Å²) in [6, 6.07) is 12.5. The van der Waals surface area contributed by atoms with Crippen molar-refractivity contribution in [2.75, 3.05) is 39.2 Å². The van der Waals surface area contributed by atoms with E-state index in [9.17, 15) is 4.79 Å². The molecule has 0 heterocycles. The molecular formula is C21H28N2O4. The largest absolute Gasteiger partial charge is 0.496 e. The number of ether oxygens (including phenoxy) is 3. The molecule has 0 saturated carbocycles. The summed E-state index contributed by atoms with van der Waals surface area (Å²) in [5.74, 6) is 2.00. The minimum Gasteiger partial charge on any atom is -0.496 e. The summed E-state index contributed by atoms with van der Waals surface area (Å²) in [5.41, 5.74) is 1.03. The molecule has 0 aliphatic heterocycles. The van der Waals surface area contributed by atoms with Crippen molar-refractivity contribution in [1.82, 2.24) is 5.32 Å². The number of carbonyl (C=O) groups excluding carboxylic acids is 1. The number of hydrogen-bond acceptors (Lipinski definition) is 5. The van der Waals surface area contributed by atoms with Gasteiger partial charge in [0.05, 0.1) is 14.2 Å². The molecule has 0 radical (unpaired) electrons. The Hall–Kier alpha value is -2.73. The number of methoxy groups -OCH3 is 2. The minimum absolute atomic E-state index is 0.296. The molecular weight excluding hydrogens is 344 g/mol. The van der Waals surface area contributed by atoms with Gasteiger partial charge in [-0.05, 0) is 48.9 Å². The highest BCUT2D eigenvalue weighted by molar-refractivity contribution is 6.08. The van der Waals surface area contributed by atoms with Gasteiger partial charge in [-0.3, -0.25) is 4.79 Å². The van der Waals surface area contributed by atoms with E-state index in [0.717, 1.165) is 18.8 Å². The Morgan fingerprint density at radius 2 is 1.63 bits per heavy atom. The van der Waals surface area contributed by atoms with Crippen LogP contribution in [0.1, 0.15) is 24.2 Å². The number of rotatable bonds is 10. The van der Waals surface area contributed by atoms with Crippen molar-refractivity contribution in [1.29, 1.82) is 0 Å². The highest BCUT2D eigenvalue weighted by Crippen LogP contribution is 2.29. The molecule has 2 N–H and O–H groups in total. The molecule has 2 rings (SSSR count). The van der Waals surface area contributed by atoms with Gasteiger partial charge in [-0.15, -0.1) is 0 Å². The van der Waals surface area contributed by atoms with Crippen LogP contribution in [0.25, 0.3) is 0 Å². The van der Waals surface area contributed by atoms with Crippen molar-refractivity contribution >= 4 is 11.6 Å². The summed E-state index contributed by atoms with van der Waals surface area (Å²) in [6.45, 7) is 6.70. The zero-order valence-electron chi connectivity index (χ0n) is 16.4. The number of anilines is 1. The summed E-state index contributed by atoms with van der Waals surface area (Å²) in [7, 11) is 3.04. The number of carbonyl (C=O) groups is 1. The molecule has 0 bridgehead atoms. The maximum Gasteiger partial charge on any atom is 0.263 e. The molecule has 6 heteroatoms. The molecule has 2 aromatic carbocycles. The van der Waals surface area contributed by atoms with E-state index in [1.807, 2.05) is 12.1 Å². The Morgan fingerprint density at radius 3 is 2.19 bits per heavy atom. The van der Waals surface area contributed by atoms with Crippen LogP contribution in [-0.4, -0.2) is 39.8 Å². The van der Waals surface area contributed by atoms with E-state index in [0.29, 0.717) is 35.3 Å². The molecule has 1 amide bonds. The fourth-order valence-corrected chi connectivity index (χ4v) is 2.53. The Labute approximate surface area is 160 Å². The van der Waals surface area contributed by atoms with Gasteiger partial charge in [0.15, 0.2) is 0 Å². The summed E-state index contributed by atoms with van der Waals surface area (Å²) in [5, 5.41) is 6.18. The first-order valence-corrected chi connectivity index (χ1v) is 9.01. The molecule has 0 atom stereocenters. The second kappa shape index (κ2) is 10.4. The number of benzene rings is 2. The van der Waals surface area contributed by atoms with E-state index in [-0.39, 0.29) is 5.91 Å².